The summed E-state index contributed by atoms with van der Waals surface area (Å²) in [6, 6.07) is 10.4. The number of hydrogen-bond donors (Lipinski definition) is 3. The van der Waals surface area contributed by atoms with Crippen LogP contribution < -0.4 is 4.90 Å². The quantitative estimate of drug-likeness (QED) is 0.673. The molecule has 1 aromatic heterocycles. The summed E-state index contributed by atoms with van der Waals surface area (Å²) in [6.45, 7) is -0.0756. The molecule has 3 N–H and O–H groups in total. The van der Waals surface area contributed by atoms with E-state index < -0.39 is 11.6 Å². The number of amidine groups is 1. The van der Waals surface area contributed by atoms with E-state index in [4.69, 9.17) is 5.41 Å². The van der Waals surface area contributed by atoms with Crippen molar-refractivity contribution in [1.82, 2.24) is 9.97 Å². The summed E-state index contributed by atoms with van der Waals surface area (Å²) in [5.41, 5.74) is 1.70. The maximum atomic E-state index is 14.0. The maximum Gasteiger partial charge on any atom is 0.149 e. The third-order valence-corrected chi connectivity index (χ3v) is 3.93. The van der Waals surface area contributed by atoms with E-state index in [0.717, 1.165) is 17.6 Å². The SMILES string of the molecule is N=C1C(c2nc3ccccc3[nH]2)=C(O)CN1c1ccc(F)cc1F. The number of aromatic nitrogens is 2. The lowest BCUT2D eigenvalue weighted by atomic mass is 10.2. The first-order valence-corrected chi connectivity index (χ1v) is 7.23. The number of para-hydroxylation sites is 2. The Hall–Kier alpha value is -3.22. The van der Waals surface area contributed by atoms with Gasteiger partial charge in [-0.25, -0.2) is 13.8 Å². The number of hydrogen-bond acceptors (Lipinski definition) is 3. The molecule has 120 valence electrons. The van der Waals surface area contributed by atoms with Crippen LogP contribution in [0.2, 0.25) is 0 Å². The average molecular weight is 326 g/mol. The van der Waals surface area contributed by atoms with Crippen LogP contribution in [-0.4, -0.2) is 27.5 Å². The second-order valence-corrected chi connectivity index (χ2v) is 5.45. The number of rotatable bonds is 2. The number of benzene rings is 2. The number of nitrogens with one attached hydrogen (secondary N) is 2. The van der Waals surface area contributed by atoms with Crippen molar-refractivity contribution in [3.8, 4) is 0 Å². The summed E-state index contributed by atoms with van der Waals surface area (Å²) >= 11 is 0. The van der Waals surface area contributed by atoms with Gasteiger partial charge < -0.3 is 15.0 Å². The van der Waals surface area contributed by atoms with Crippen molar-refractivity contribution in [2.45, 2.75) is 0 Å². The molecule has 2 aromatic carbocycles. The molecule has 0 unspecified atom stereocenters. The predicted octanol–water partition coefficient (Wildman–Crippen LogP) is 3.61. The molecular formula is C17H12F2N4O. The van der Waals surface area contributed by atoms with Crippen molar-refractivity contribution >= 4 is 28.1 Å². The number of fused-ring (bicyclic) bond motifs is 1. The molecular weight excluding hydrogens is 314 g/mol. The van der Waals surface area contributed by atoms with Crippen molar-refractivity contribution in [3.05, 3.63) is 65.7 Å². The van der Waals surface area contributed by atoms with Crippen molar-refractivity contribution in [3.63, 3.8) is 0 Å². The smallest absolute Gasteiger partial charge is 0.149 e. The van der Waals surface area contributed by atoms with Crippen molar-refractivity contribution in [2.75, 3.05) is 11.4 Å². The summed E-state index contributed by atoms with van der Waals surface area (Å²) in [5, 5.41) is 18.5. The van der Waals surface area contributed by atoms with Gasteiger partial charge in [-0.15, -0.1) is 0 Å². The van der Waals surface area contributed by atoms with Crippen LogP contribution in [0.5, 0.6) is 0 Å². The first-order valence-electron chi connectivity index (χ1n) is 7.23. The lowest BCUT2D eigenvalue weighted by Gasteiger charge is -2.19. The van der Waals surface area contributed by atoms with Gasteiger partial charge in [-0.2, -0.15) is 0 Å². The summed E-state index contributed by atoms with van der Waals surface area (Å²) in [6.07, 6.45) is 0. The number of imidazole rings is 1. The van der Waals surface area contributed by atoms with Crippen LogP contribution in [0.1, 0.15) is 5.82 Å². The number of halogens is 2. The fourth-order valence-corrected chi connectivity index (χ4v) is 2.81. The number of anilines is 1. The molecule has 0 aliphatic carbocycles. The Morgan fingerprint density at radius 1 is 1.17 bits per heavy atom. The molecule has 0 bridgehead atoms. The maximum absolute atomic E-state index is 14.0. The molecule has 0 radical (unpaired) electrons. The number of aliphatic hydroxyl groups is 1. The Kier molecular flexibility index (Phi) is 3.09. The fourth-order valence-electron chi connectivity index (χ4n) is 2.81. The zero-order valence-corrected chi connectivity index (χ0v) is 12.3. The predicted molar refractivity (Wildman–Crippen MR) is 87.1 cm³/mol. The number of aliphatic hydroxyl groups excluding tert-OH is 1. The highest BCUT2D eigenvalue weighted by Gasteiger charge is 2.32. The minimum atomic E-state index is -0.793. The molecule has 0 amide bonds. The lowest BCUT2D eigenvalue weighted by Crippen LogP contribution is -2.27. The van der Waals surface area contributed by atoms with Gasteiger partial charge in [-0.1, -0.05) is 12.1 Å². The standard InChI is InChI=1S/C17H12F2N4O/c18-9-5-6-13(10(19)7-9)23-8-14(24)15(16(23)20)17-21-11-3-1-2-4-12(11)22-17/h1-7,20,24H,8H2,(H,21,22). The summed E-state index contributed by atoms with van der Waals surface area (Å²) in [7, 11) is 0. The number of aromatic amines is 1. The van der Waals surface area contributed by atoms with E-state index in [9.17, 15) is 13.9 Å². The summed E-state index contributed by atoms with van der Waals surface area (Å²) in [4.78, 5) is 8.68. The number of H-pyrrole nitrogens is 1. The Labute approximate surface area is 135 Å². The van der Waals surface area contributed by atoms with Gasteiger partial charge in [0, 0.05) is 6.07 Å². The zero-order valence-electron chi connectivity index (χ0n) is 12.3. The van der Waals surface area contributed by atoms with Gasteiger partial charge in [-0.3, -0.25) is 5.41 Å². The van der Waals surface area contributed by atoms with E-state index in [1.165, 1.54) is 11.0 Å². The molecule has 0 fully saturated rings. The molecule has 0 saturated carbocycles. The van der Waals surface area contributed by atoms with Gasteiger partial charge in [0.05, 0.1) is 28.8 Å². The van der Waals surface area contributed by atoms with Crippen molar-refractivity contribution in [2.24, 2.45) is 0 Å². The zero-order chi connectivity index (χ0) is 16.8. The first kappa shape index (κ1) is 14.4. The average Bonchev–Trinajstić information content (AvgIpc) is 3.08. The highest BCUT2D eigenvalue weighted by atomic mass is 19.1. The van der Waals surface area contributed by atoms with Crippen LogP contribution >= 0.6 is 0 Å². The fraction of sp³-hybridized carbons (Fsp3) is 0.0588. The monoisotopic (exact) mass is 326 g/mol. The largest absolute Gasteiger partial charge is 0.509 e. The topological polar surface area (TPSA) is 76.0 Å². The Balaban J connectivity index is 1.75. The molecule has 4 rings (SSSR count). The van der Waals surface area contributed by atoms with E-state index in [1.807, 2.05) is 24.3 Å². The molecule has 1 aliphatic rings. The van der Waals surface area contributed by atoms with Gasteiger partial charge in [0.2, 0.25) is 0 Å². The van der Waals surface area contributed by atoms with E-state index in [1.54, 1.807) is 0 Å². The van der Waals surface area contributed by atoms with E-state index in [-0.39, 0.29) is 29.4 Å². The van der Waals surface area contributed by atoms with Crippen molar-refractivity contribution < 1.29 is 13.9 Å². The highest BCUT2D eigenvalue weighted by molar-refractivity contribution is 6.30. The van der Waals surface area contributed by atoms with Gasteiger partial charge >= 0.3 is 0 Å². The van der Waals surface area contributed by atoms with Crippen LogP contribution in [0.4, 0.5) is 14.5 Å². The van der Waals surface area contributed by atoms with Crippen LogP contribution in [0.3, 0.4) is 0 Å². The van der Waals surface area contributed by atoms with Gasteiger partial charge in [-0.05, 0) is 24.3 Å². The summed E-state index contributed by atoms with van der Waals surface area (Å²) < 4.78 is 27.1. The molecule has 3 aromatic rings. The van der Waals surface area contributed by atoms with Crippen LogP contribution in [0.15, 0.2) is 48.2 Å². The molecule has 5 nitrogen and oxygen atoms in total. The summed E-state index contributed by atoms with van der Waals surface area (Å²) in [5.74, 6) is -1.35. The van der Waals surface area contributed by atoms with E-state index in [2.05, 4.69) is 9.97 Å². The van der Waals surface area contributed by atoms with E-state index >= 15 is 0 Å². The first-order chi connectivity index (χ1) is 11.5. The third-order valence-electron chi connectivity index (χ3n) is 3.93. The molecule has 7 heteroatoms. The Morgan fingerprint density at radius 3 is 2.71 bits per heavy atom. The molecule has 0 spiro atoms. The van der Waals surface area contributed by atoms with Crippen LogP contribution in [-0.2, 0) is 0 Å². The van der Waals surface area contributed by atoms with Crippen LogP contribution in [0, 0.1) is 17.0 Å². The second-order valence-electron chi connectivity index (χ2n) is 5.45. The van der Waals surface area contributed by atoms with E-state index in [0.29, 0.717) is 11.3 Å². The lowest BCUT2D eigenvalue weighted by molar-refractivity contribution is 0.411. The number of nitrogens with zero attached hydrogens (tertiary/aromatic N) is 2. The molecule has 1 aliphatic heterocycles. The van der Waals surface area contributed by atoms with Gasteiger partial charge in [0.25, 0.3) is 0 Å². The molecule has 0 atom stereocenters. The molecule has 2 heterocycles. The van der Waals surface area contributed by atoms with Gasteiger partial charge in [0.15, 0.2) is 0 Å². The van der Waals surface area contributed by atoms with Crippen molar-refractivity contribution in [1.29, 1.82) is 5.41 Å². The molecule has 0 saturated heterocycles. The highest BCUT2D eigenvalue weighted by Crippen LogP contribution is 2.32. The normalized spacial score (nSPS) is 14.9. The van der Waals surface area contributed by atoms with Gasteiger partial charge in [0.1, 0.15) is 29.1 Å². The molecule has 24 heavy (non-hydrogen) atoms. The second kappa shape index (κ2) is 5.16. The third kappa shape index (κ3) is 2.13. The minimum absolute atomic E-state index is 0.0269. The minimum Gasteiger partial charge on any atom is -0.509 e. The Bertz CT molecular complexity index is 976. The Morgan fingerprint density at radius 2 is 1.96 bits per heavy atom. The van der Waals surface area contributed by atoms with Crippen LogP contribution in [0.25, 0.3) is 16.6 Å².